The van der Waals surface area contributed by atoms with E-state index >= 15 is 0 Å². The number of primary sulfonamides is 1. The van der Waals surface area contributed by atoms with Crippen LogP contribution in [0.3, 0.4) is 0 Å². The first-order valence-corrected chi connectivity index (χ1v) is 8.99. The molecular formula is C16H15ClN2O3S. The highest BCUT2D eigenvalue weighted by atomic mass is 35.5. The summed E-state index contributed by atoms with van der Waals surface area (Å²) >= 11 is 5.98. The molecule has 7 heteroatoms. The van der Waals surface area contributed by atoms with Crippen LogP contribution in [0.15, 0.2) is 47.4 Å². The van der Waals surface area contributed by atoms with Crippen LogP contribution in [-0.2, 0) is 16.4 Å². The van der Waals surface area contributed by atoms with E-state index in [-0.39, 0.29) is 16.8 Å². The zero-order chi connectivity index (χ0) is 16.6. The number of benzene rings is 2. The average molecular weight is 351 g/mol. The SMILES string of the molecule is NS(=O)(=O)c1ccc(C(=O)N[C@@H]2CCc3cc(Cl)ccc32)cc1. The van der Waals surface area contributed by atoms with E-state index < -0.39 is 10.0 Å². The normalized spacial score (nSPS) is 16.9. The highest BCUT2D eigenvalue weighted by molar-refractivity contribution is 7.89. The maximum absolute atomic E-state index is 12.3. The number of fused-ring (bicyclic) bond motifs is 1. The van der Waals surface area contributed by atoms with Crippen LogP contribution < -0.4 is 10.5 Å². The predicted octanol–water partition coefficient (Wildman–Crippen LogP) is 2.40. The number of hydrogen-bond acceptors (Lipinski definition) is 3. The predicted molar refractivity (Wildman–Crippen MR) is 87.8 cm³/mol. The molecule has 1 aliphatic carbocycles. The first kappa shape index (κ1) is 16.0. The Hall–Kier alpha value is -1.89. The summed E-state index contributed by atoms with van der Waals surface area (Å²) in [5, 5.41) is 8.70. The number of nitrogens with two attached hydrogens (primary N) is 1. The number of rotatable bonds is 3. The molecule has 3 rings (SSSR count). The molecule has 0 heterocycles. The third kappa shape index (κ3) is 3.39. The Bertz CT molecular complexity index is 863. The molecule has 1 atom stereocenters. The molecule has 0 aromatic heterocycles. The van der Waals surface area contributed by atoms with Gasteiger partial charge in [-0.1, -0.05) is 17.7 Å². The number of carbonyl (C=O) groups is 1. The van der Waals surface area contributed by atoms with Crippen molar-refractivity contribution in [1.29, 1.82) is 0 Å². The van der Waals surface area contributed by atoms with Crippen LogP contribution in [0.25, 0.3) is 0 Å². The van der Waals surface area contributed by atoms with Gasteiger partial charge in [-0.3, -0.25) is 4.79 Å². The number of nitrogens with one attached hydrogen (secondary N) is 1. The Morgan fingerprint density at radius 1 is 1.17 bits per heavy atom. The maximum atomic E-state index is 12.3. The molecule has 2 aromatic carbocycles. The van der Waals surface area contributed by atoms with Crippen molar-refractivity contribution in [2.24, 2.45) is 5.14 Å². The summed E-state index contributed by atoms with van der Waals surface area (Å²) in [6.45, 7) is 0. The van der Waals surface area contributed by atoms with Crippen molar-refractivity contribution in [1.82, 2.24) is 5.32 Å². The fraction of sp³-hybridized carbons (Fsp3) is 0.188. The lowest BCUT2D eigenvalue weighted by molar-refractivity contribution is 0.0936. The molecule has 0 radical (unpaired) electrons. The Kier molecular flexibility index (Phi) is 4.14. The minimum atomic E-state index is -3.76. The van der Waals surface area contributed by atoms with E-state index in [4.69, 9.17) is 16.7 Å². The highest BCUT2D eigenvalue weighted by Crippen LogP contribution is 2.33. The molecule has 3 N–H and O–H groups in total. The first-order valence-electron chi connectivity index (χ1n) is 7.06. The number of sulfonamides is 1. The summed E-state index contributed by atoms with van der Waals surface area (Å²) in [4.78, 5) is 12.3. The van der Waals surface area contributed by atoms with E-state index in [2.05, 4.69) is 5.32 Å². The third-order valence-corrected chi connectivity index (χ3v) is 5.10. The average Bonchev–Trinajstić information content (AvgIpc) is 2.88. The van der Waals surface area contributed by atoms with Gasteiger partial charge in [-0.15, -0.1) is 0 Å². The second kappa shape index (κ2) is 5.96. The van der Waals surface area contributed by atoms with Gasteiger partial charge in [0, 0.05) is 10.6 Å². The van der Waals surface area contributed by atoms with Gasteiger partial charge in [-0.25, -0.2) is 13.6 Å². The maximum Gasteiger partial charge on any atom is 0.251 e. The summed E-state index contributed by atoms with van der Waals surface area (Å²) in [6, 6.07) is 11.2. The molecule has 2 aromatic rings. The molecule has 0 fully saturated rings. The third-order valence-electron chi connectivity index (χ3n) is 3.93. The van der Waals surface area contributed by atoms with Crippen molar-refractivity contribution in [2.75, 3.05) is 0 Å². The molecule has 23 heavy (non-hydrogen) atoms. The lowest BCUT2D eigenvalue weighted by Gasteiger charge is -2.14. The largest absolute Gasteiger partial charge is 0.345 e. The molecule has 120 valence electrons. The Morgan fingerprint density at radius 3 is 2.52 bits per heavy atom. The molecule has 0 aliphatic heterocycles. The van der Waals surface area contributed by atoms with Gasteiger partial charge in [0.15, 0.2) is 0 Å². The molecule has 0 saturated carbocycles. The fourth-order valence-corrected chi connectivity index (χ4v) is 3.48. The highest BCUT2D eigenvalue weighted by Gasteiger charge is 2.24. The lowest BCUT2D eigenvalue weighted by Crippen LogP contribution is -2.27. The van der Waals surface area contributed by atoms with E-state index in [0.717, 1.165) is 24.0 Å². The summed E-state index contributed by atoms with van der Waals surface area (Å²) in [6.07, 6.45) is 1.68. The summed E-state index contributed by atoms with van der Waals surface area (Å²) in [5.74, 6) is -0.251. The standard InChI is InChI=1S/C16H15ClN2O3S/c17-12-4-7-14-11(9-12)3-8-15(14)19-16(20)10-1-5-13(6-2-10)23(18,21)22/h1-2,4-7,9,15H,3,8H2,(H,19,20)(H2,18,21,22)/t15-/m1/s1. The minimum Gasteiger partial charge on any atom is -0.345 e. The molecule has 0 unspecified atom stereocenters. The van der Waals surface area contributed by atoms with Crippen LogP contribution in [0.5, 0.6) is 0 Å². The van der Waals surface area contributed by atoms with Crippen LogP contribution in [-0.4, -0.2) is 14.3 Å². The molecule has 5 nitrogen and oxygen atoms in total. The summed E-state index contributed by atoms with van der Waals surface area (Å²) < 4.78 is 22.4. The fourth-order valence-electron chi connectivity index (χ4n) is 2.77. The second-order valence-corrected chi connectivity index (χ2v) is 7.48. The zero-order valence-corrected chi connectivity index (χ0v) is 13.7. The van der Waals surface area contributed by atoms with Crippen LogP contribution in [0.2, 0.25) is 5.02 Å². The van der Waals surface area contributed by atoms with Gasteiger partial charge >= 0.3 is 0 Å². The van der Waals surface area contributed by atoms with Crippen molar-refractivity contribution in [3.63, 3.8) is 0 Å². The van der Waals surface area contributed by atoms with Gasteiger partial charge in [0.1, 0.15) is 0 Å². The number of carbonyl (C=O) groups excluding carboxylic acids is 1. The first-order chi connectivity index (χ1) is 10.8. The second-order valence-electron chi connectivity index (χ2n) is 5.48. The Balaban J connectivity index is 1.76. The van der Waals surface area contributed by atoms with E-state index in [9.17, 15) is 13.2 Å². The van der Waals surface area contributed by atoms with Crippen LogP contribution >= 0.6 is 11.6 Å². The van der Waals surface area contributed by atoms with Crippen LogP contribution in [0.1, 0.15) is 33.9 Å². The summed E-state index contributed by atoms with van der Waals surface area (Å²) in [5.41, 5.74) is 2.61. The monoisotopic (exact) mass is 350 g/mol. The zero-order valence-electron chi connectivity index (χ0n) is 12.1. The molecule has 0 spiro atoms. The Morgan fingerprint density at radius 2 is 1.87 bits per heavy atom. The molecule has 0 saturated heterocycles. The number of aryl methyl sites for hydroxylation is 1. The Labute approximate surface area is 139 Å². The van der Waals surface area contributed by atoms with E-state index in [1.54, 1.807) is 0 Å². The number of hydrogen-bond donors (Lipinski definition) is 2. The molecule has 1 amide bonds. The van der Waals surface area contributed by atoms with Gasteiger partial charge < -0.3 is 5.32 Å². The lowest BCUT2D eigenvalue weighted by atomic mass is 10.1. The molecular weight excluding hydrogens is 336 g/mol. The van der Waals surface area contributed by atoms with Crippen molar-refractivity contribution in [3.05, 3.63) is 64.2 Å². The number of amides is 1. The van der Waals surface area contributed by atoms with Crippen molar-refractivity contribution in [3.8, 4) is 0 Å². The topological polar surface area (TPSA) is 89.3 Å². The van der Waals surface area contributed by atoms with Crippen molar-refractivity contribution >= 4 is 27.5 Å². The van der Waals surface area contributed by atoms with Crippen LogP contribution in [0, 0.1) is 0 Å². The van der Waals surface area contributed by atoms with Gasteiger partial charge in [-0.05, 0) is 60.4 Å². The summed E-state index contributed by atoms with van der Waals surface area (Å²) in [7, 11) is -3.76. The molecule has 0 bridgehead atoms. The van der Waals surface area contributed by atoms with E-state index in [0.29, 0.717) is 10.6 Å². The van der Waals surface area contributed by atoms with Gasteiger partial charge in [0.05, 0.1) is 10.9 Å². The van der Waals surface area contributed by atoms with Crippen molar-refractivity contribution in [2.45, 2.75) is 23.8 Å². The van der Waals surface area contributed by atoms with E-state index in [1.807, 2.05) is 18.2 Å². The van der Waals surface area contributed by atoms with Gasteiger partial charge in [0.25, 0.3) is 5.91 Å². The minimum absolute atomic E-state index is 0.0186. The van der Waals surface area contributed by atoms with Crippen molar-refractivity contribution < 1.29 is 13.2 Å². The van der Waals surface area contributed by atoms with Gasteiger partial charge in [-0.2, -0.15) is 0 Å². The quantitative estimate of drug-likeness (QED) is 0.890. The van der Waals surface area contributed by atoms with E-state index in [1.165, 1.54) is 24.3 Å². The molecule has 1 aliphatic rings. The van der Waals surface area contributed by atoms with Gasteiger partial charge in [0.2, 0.25) is 10.0 Å². The number of halogens is 1. The van der Waals surface area contributed by atoms with Crippen LogP contribution in [0.4, 0.5) is 0 Å². The smallest absolute Gasteiger partial charge is 0.251 e.